The van der Waals surface area contributed by atoms with E-state index in [1.165, 1.54) is 19.3 Å². The minimum absolute atomic E-state index is 0. The molecule has 2 saturated carbocycles. The summed E-state index contributed by atoms with van der Waals surface area (Å²) in [7, 11) is 0. The van der Waals surface area contributed by atoms with E-state index in [2.05, 4.69) is 37.3 Å². The Bertz CT molecular complexity index is 448. The quantitative estimate of drug-likeness (QED) is 0.782. The fraction of sp³-hybridized carbons (Fsp3) is 0.529. The Labute approximate surface area is 110 Å². The first-order chi connectivity index (χ1) is 8.51. The second-order valence-electron chi connectivity index (χ2n) is 6.65. The van der Waals surface area contributed by atoms with Crippen molar-refractivity contribution in [3.63, 3.8) is 0 Å². The van der Waals surface area contributed by atoms with Crippen molar-refractivity contribution in [3.8, 4) is 0 Å². The van der Waals surface area contributed by atoms with Crippen LogP contribution < -0.4 is 5.73 Å². The van der Waals surface area contributed by atoms with Crippen LogP contribution in [0.3, 0.4) is 0 Å². The smallest absolute Gasteiger partial charge is 0.0497 e. The van der Waals surface area contributed by atoms with Gasteiger partial charge in [0.15, 0.2) is 0 Å². The average Bonchev–Trinajstić information content (AvgIpc) is 3.16. The molecule has 0 radical (unpaired) electrons. The zero-order chi connectivity index (χ0) is 12.8. The summed E-state index contributed by atoms with van der Waals surface area (Å²) < 4.78 is 0. The standard InChI is InChI=1S/C13H16.C4H7N/c1-13(11-7-8-11)9-12(13)10-5-3-2-4-6-10;1-4(5)2-3-4/h2-6,11-12H,7-9H2,1H3;2-3H,5H2,1H3. The molecule has 96 valence electrons. The minimum atomic E-state index is 0. The SMILES string of the molecule is CC1(C2CC2)CC1c1ccccc1.CC1(N)C=C1. The van der Waals surface area contributed by atoms with Crippen molar-refractivity contribution in [2.75, 3.05) is 0 Å². The molecular formula is C17H23N. The molecule has 2 N–H and O–H groups in total. The number of rotatable bonds is 2. The predicted molar refractivity (Wildman–Crippen MR) is 76.4 cm³/mol. The molecule has 1 aromatic carbocycles. The largest absolute Gasteiger partial charge is 0.319 e. The molecule has 0 amide bonds. The van der Waals surface area contributed by atoms with Gasteiger partial charge in [-0.15, -0.1) is 0 Å². The molecule has 0 spiro atoms. The summed E-state index contributed by atoms with van der Waals surface area (Å²) in [5.41, 5.74) is 7.60. The van der Waals surface area contributed by atoms with Crippen molar-refractivity contribution in [1.29, 1.82) is 0 Å². The van der Waals surface area contributed by atoms with E-state index in [0.29, 0.717) is 5.41 Å². The average molecular weight is 241 g/mol. The van der Waals surface area contributed by atoms with Crippen molar-refractivity contribution >= 4 is 0 Å². The first-order valence-corrected chi connectivity index (χ1v) is 7.05. The highest BCUT2D eigenvalue weighted by molar-refractivity contribution is 5.31. The molecule has 2 unspecified atom stereocenters. The summed E-state index contributed by atoms with van der Waals surface area (Å²) in [5.74, 6) is 1.93. The van der Waals surface area contributed by atoms with Crippen molar-refractivity contribution < 1.29 is 0 Å². The summed E-state index contributed by atoms with van der Waals surface area (Å²) >= 11 is 0. The zero-order valence-corrected chi connectivity index (χ0v) is 11.4. The van der Waals surface area contributed by atoms with Gasteiger partial charge in [-0.2, -0.15) is 0 Å². The molecule has 0 heterocycles. The maximum Gasteiger partial charge on any atom is 0.0497 e. The molecule has 1 nitrogen and oxygen atoms in total. The Hall–Kier alpha value is -1.08. The maximum atomic E-state index is 5.35. The van der Waals surface area contributed by atoms with Gasteiger partial charge in [-0.1, -0.05) is 49.4 Å². The molecular weight excluding hydrogens is 218 g/mol. The van der Waals surface area contributed by atoms with Crippen LogP contribution in [0.15, 0.2) is 42.5 Å². The fourth-order valence-electron chi connectivity index (χ4n) is 2.89. The van der Waals surface area contributed by atoms with Crippen LogP contribution >= 0.6 is 0 Å². The lowest BCUT2D eigenvalue weighted by molar-refractivity contribution is 0.472. The van der Waals surface area contributed by atoms with Crippen LogP contribution in [-0.4, -0.2) is 5.54 Å². The molecule has 1 heteroatoms. The third-order valence-corrected chi connectivity index (χ3v) is 4.68. The van der Waals surface area contributed by atoms with E-state index in [9.17, 15) is 0 Å². The number of benzene rings is 1. The second-order valence-corrected chi connectivity index (χ2v) is 6.65. The van der Waals surface area contributed by atoms with Crippen molar-refractivity contribution in [1.82, 2.24) is 0 Å². The minimum Gasteiger partial charge on any atom is -0.319 e. The Kier molecular flexibility index (Phi) is 2.63. The maximum absolute atomic E-state index is 5.35. The van der Waals surface area contributed by atoms with E-state index in [0.717, 1.165) is 11.8 Å². The Morgan fingerprint density at radius 2 is 1.61 bits per heavy atom. The van der Waals surface area contributed by atoms with E-state index in [4.69, 9.17) is 5.73 Å². The van der Waals surface area contributed by atoms with Crippen molar-refractivity contribution in [2.24, 2.45) is 17.1 Å². The van der Waals surface area contributed by atoms with Gasteiger partial charge in [0.25, 0.3) is 0 Å². The molecule has 0 aromatic heterocycles. The number of hydrogen-bond donors (Lipinski definition) is 1. The van der Waals surface area contributed by atoms with Crippen LogP contribution in [0.25, 0.3) is 0 Å². The lowest BCUT2D eigenvalue weighted by atomic mass is 9.96. The Balaban J connectivity index is 0.000000169. The molecule has 2 fully saturated rings. The van der Waals surface area contributed by atoms with Crippen LogP contribution in [0.4, 0.5) is 0 Å². The molecule has 2 atom stereocenters. The van der Waals surface area contributed by atoms with Crippen LogP contribution in [0.2, 0.25) is 0 Å². The number of hydrogen-bond acceptors (Lipinski definition) is 1. The summed E-state index contributed by atoms with van der Waals surface area (Å²) in [5, 5.41) is 0. The number of nitrogens with two attached hydrogens (primary N) is 1. The van der Waals surface area contributed by atoms with E-state index in [1.807, 2.05) is 19.1 Å². The van der Waals surface area contributed by atoms with Crippen molar-refractivity contribution in [3.05, 3.63) is 48.0 Å². The van der Waals surface area contributed by atoms with E-state index in [1.54, 1.807) is 5.56 Å². The monoisotopic (exact) mass is 241 g/mol. The lowest BCUT2D eigenvalue weighted by Crippen LogP contribution is -2.17. The highest BCUT2D eigenvalue weighted by Crippen LogP contribution is 2.69. The lowest BCUT2D eigenvalue weighted by Gasteiger charge is -2.08. The van der Waals surface area contributed by atoms with Crippen LogP contribution in [0.5, 0.6) is 0 Å². The van der Waals surface area contributed by atoms with Crippen molar-refractivity contribution in [2.45, 2.75) is 44.6 Å². The highest BCUT2D eigenvalue weighted by atomic mass is 14.7. The first-order valence-electron chi connectivity index (χ1n) is 7.05. The van der Waals surface area contributed by atoms with Crippen LogP contribution in [0, 0.1) is 11.3 Å². The first kappa shape index (κ1) is 12.0. The summed E-state index contributed by atoms with van der Waals surface area (Å²) in [4.78, 5) is 0. The van der Waals surface area contributed by atoms with Gasteiger partial charge < -0.3 is 5.73 Å². The normalized spacial score (nSPS) is 34.5. The molecule has 0 saturated heterocycles. The summed E-state index contributed by atoms with van der Waals surface area (Å²) in [6.45, 7) is 4.44. The third kappa shape index (κ3) is 2.51. The topological polar surface area (TPSA) is 26.0 Å². The highest BCUT2D eigenvalue weighted by Gasteiger charge is 2.58. The Morgan fingerprint density at radius 1 is 1.06 bits per heavy atom. The second kappa shape index (κ2) is 3.96. The Morgan fingerprint density at radius 3 is 2.06 bits per heavy atom. The van der Waals surface area contributed by atoms with Gasteiger partial charge in [-0.05, 0) is 49.0 Å². The van der Waals surface area contributed by atoms with Crippen LogP contribution in [0.1, 0.15) is 44.6 Å². The van der Waals surface area contributed by atoms with Gasteiger partial charge in [0.1, 0.15) is 0 Å². The molecule has 0 bridgehead atoms. The molecule has 4 rings (SSSR count). The predicted octanol–water partition coefficient (Wildman–Crippen LogP) is 3.86. The van der Waals surface area contributed by atoms with Gasteiger partial charge in [-0.3, -0.25) is 0 Å². The molecule has 0 aliphatic heterocycles. The van der Waals surface area contributed by atoms with Gasteiger partial charge in [0.05, 0.1) is 0 Å². The van der Waals surface area contributed by atoms with Crippen LogP contribution in [-0.2, 0) is 0 Å². The van der Waals surface area contributed by atoms with Gasteiger partial charge in [0, 0.05) is 5.54 Å². The van der Waals surface area contributed by atoms with Gasteiger partial charge >= 0.3 is 0 Å². The fourth-order valence-corrected chi connectivity index (χ4v) is 2.89. The zero-order valence-electron chi connectivity index (χ0n) is 11.4. The van der Waals surface area contributed by atoms with E-state index >= 15 is 0 Å². The van der Waals surface area contributed by atoms with Gasteiger partial charge in [0.2, 0.25) is 0 Å². The van der Waals surface area contributed by atoms with E-state index < -0.39 is 0 Å². The van der Waals surface area contributed by atoms with Gasteiger partial charge in [-0.25, -0.2) is 0 Å². The molecule has 1 aromatic rings. The summed E-state index contributed by atoms with van der Waals surface area (Å²) in [6, 6.07) is 11.0. The van der Waals surface area contributed by atoms with E-state index in [-0.39, 0.29) is 5.54 Å². The molecule has 3 aliphatic rings. The molecule has 18 heavy (non-hydrogen) atoms. The summed E-state index contributed by atoms with van der Waals surface area (Å²) in [6.07, 6.45) is 8.33. The third-order valence-electron chi connectivity index (χ3n) is 4.68. The molecule has 3 aliphatic carbocycles.